The second kappa shape index (κ2) is 9.96. The normalized spacial score (nSPS) is 13.8. The van der Waals surface area contributed by atoms with Crippen LogP contribution >= 0.6 is 11.3 Å². The number of Topliss-reactive ketones (excluding diaryl/α,β-unsaturated/α-hetero) is 1. The fourth-order valence-corrected chi connectivity index (χ4v) is 3.48. The number of carbonyl (C=O) groups excluding carboxylic acids is 2. The summed E-state index contributed by atoms with van der Waals surface area (Å²) in [6, 6.07) is 5.26. The van der Waals surface area contributed by atoms with E-state index in [-0.39, 0.29) is 17.2 Å². The van der Waals surface area contributed by atoms with Crippen molar-refractivity contribution in [1.29, 1.82) is 0 Å². The highest BCUT2D eigenvalue weighted by Gasteiger charge is 2.19. The van der Waals surface area contributed by atoms with E-state index in [2.05, 4.69) is 4.98 Å². The van der Waals surface area contributed by atoms with Crippen molar-refractivity contribution in [2.75, 3.05) is 20.7 Å². The highest BCUT2D eigenvalue weighted by atomic mass is 32.1. The van der Waals surface area contributed by atoms with Gasteiger partial charge in [0.1, 0.15) is 0 Å². The molecule has 0 bridgehead atoms. The van der Waals surface area contributed by atoms with Crippen LogP contribution in [0.3, 0.4) is 0 Å². The highest BCUT2D eigenvalue weighted by molar-refractivity contribution is 7.07. The van der Waals surface area contributed by atoms with Gasteiger partial charge in [-0.05, 0) is 37.6 Å². The number of hydrogen-bond donors (Lipinski definition) is 1. The fourth-order valence-electron chi connectivity index (χ4n) is 2.60. The van der Waals surface area contributed by atoms with E-state index in [0.717, 1.165) is 5.56 Å². The SMILES string of the molecule is CCOc1cc(C=c2sc(=CC(=O)C(C)(C)C)[nH]c2=O)ccc1OC(C)C(=O)N(C)C. The van der Waals surface area contributed by atoms with Crippen molar-refractivity contribution in [3.63, 3.8) is 0 Å². The molecule has 1 aromatic heterocycles. The van der Waals surface area contributed by atoms with Gasteiger partial charge in [0, 0.05) is 25.6 Å². The summed E-state index contributed by atoms with van der Waals surface area (Å²) < 4.78 is 12.5. The van der Waals surface area contributed by atoms with E-state index >= 15 is 0 Å². The molecule has 0 aliphatic carbocycles. The third kappa shape index (κ3) is 6.55. The number of nitrogens with one attached hydrogen (secondary N) is 1. The maximum Gasteiger partial charge on any atom is 0.266 e. The highest BCUT2D eigenvalue weighted by Crippen LogP contribution is 2.30. The van der Waals surface area contributed by atoms with Crippen LogP contribution in [0.1, 0.15) is 40.2 Å². The van der Waals surface area contributed by atoms with Gasteiger partial charge in [-0.3, -0.25) is 14.4 Å². The van der Waals surface area contributed by atoms with Gasteiger partial charge in [-0.2, -0.15) is 0 Å². The van der Waals surface area contributed by atoms with Gasteiger partial charge in [0.15, 0.2) is 23.4 Å². The van der Waals surface area contributed by atoms with Crippen LogP contribution in [0.4, 0.5) is 0 Å². The van der Waals surface area contributed by atoms with Gasteiger partial charge < -0.3 is 19.4 Å². The molecular weight excluding hydrogens is 416 g/mol. The molecule has 2 aromatic rings. The minimum atomic E-state index is -0.664. The quantitative estimate of drug-likeness (QED) is 0.702. The number of thiazole rings is 1. The summed E-state index contributed by atoms with van der Waals surface area (Å²) in [5.41, 5.74) is -0.0390. The molecule has 0 aliphatic heterocycles. The van der Waals surface area contributed by atoms with Gasteiger partial charge >= 0.3 is 0 Å². The fraction of sp³-hybridized carbons (Fsp3) is 0.435. The van der Waals surface area contributed by atoms with E-state index in [4.69, 9.17) is 9.47 Å². The predicted molar refractivity (Wildman–Crippen MR) is 123 cm³/mol. The first-order valence-electron chi connectivity index (χ1n) is 10.0. The Kier molecular flexibility index (Phi) is 7.84. The number of nitrogens with zero attached hydrogens (tertiary/aromatic N) is 1. The van der Waals surface area contributed by atoms with Crippen LogP contribution in [0.25, 0.3) is 12.2 Å². The number of aromatic amines is 1. The van der Waals surface area contributed by atoms with E-state index in [9.17, 15) is 14.4 Å². The number of ketones is 1. The summed E-state index contributed by atoms with van der Waals surface area (Å²) in [6.07, 6.45) is 2.53. The molecule has 2 rings (SSSR count). The first-order chi connectivity index (χ1) is 14.4. The molecule has 1 amide bonds. The maximum absolute atomic E-state index is 12.3. The Labute approximate surface area is 186 Å². The minimum Gasteiger partial charge on any atom is -0.490 e. The molecule has 31 heavy (non-hydrogen) atoms. The van der Waals surface area contributed by atoms with E-state index in [1.807, 2.05) is 27.7 Å². The van der Waals surface area contributed by atoms with Gasteiger partial charge in [-0.1, -0.05) is 26.8 Å². The minimum absolute atomic E-state index is 0.0573. The zero-order valence-corrected chi connectivity index (χ0v) is 19.9. The molecule has 0 aliphatic rings. The van der Waals surface area contributed by atoms with E-state index in [1.165, 1.54) is 22.3 Å². The Morgan fingerprint density at radius 2 is 1.90 bits per heavy atom. The third-order valence-electron chi connectivity index (χ3n) is 4.34. The summed E-state index contributed by atoms with van der Waals surface area (Å²) in [4.78, 5) is 40.8. The Hall–Kier alpha value is -2.87. The van der Waals surface area contributed by atoms with Crippen LogP contribution in [0.5, 0.6) is 11.5 Å². The van der Waals surface area contributed by atoms with Gasteiger partial charge in [-0.25, -0.2) is 0 Å². The number of likely N-dealkylation sites (N-methyl/N-ethyl adjacent to an activating group) is 1. The number of amides is 1. The van der Waals surface area contributed by atoms with Crippen molar-refractivity contribution in [3.8, 4) is 11.5 Å². The molecule has 0 saturated carbocycles. The number of hydrogen-bond acceptors (Lipinski definition) is 6. The van der Waals surface area contributed by atoms with Crippen LogP contribution in [-0.4, -0.2) is 48.4 Å². The van der Waals surface area contributed by atoms with Crippen molar-refractivity contribution >= 4 is 35.2 Å². The molecule has 0 saturated heterocycles. The Morgan fingerprint density at radius 1 is 1.23 bits per heavy atom. The molecule has 0 fully saturated rings. The van der Waals surface area contributed by atoms with Crippen molar-refractivity contribution in [3.05, 3.63) is 43.3 Å². The molecule has 8 heteroatoms. The summed E-state index contributed by atoms with van der Waals surface area (Å²) >= 11 is 1.22. The summed E-state index contributed by atoms with van der Waals surface area (Å²) in [6.45, 7) is 9.44. The number of rotatable bonds is 7. The molecule has 1 N–H and O–H groups in total. The second-order valence-electron chi connectivity index (χ2n) is 8.32. The van der Waals surface area contributed by atoms with Crippen molar-refractivity contribution in [2.45, 2.75) is 40.7 Å². The molecule has 1 heterocycles. The van der Waals surface area contributed by atoms with Crippen LogP contribution in [0.2, 0.25) is 0 Å². The molecule has 1 unspecified atom stereocenters. The predicted octanol–water partition coefficient (Wildman–Crippen LogP) is 1.92. The Bertz CT molecular complexity index is 1120. The molecule has 1 atom stereocenters. The largest absolute Gasteiger partial charge is 0.490 e. The Morgan fingerprint density at radius 3 is 2.48 bits per heavy atom. The first-order valence-corrected chi connectivity index (χ1v) is 10.9. The lowest BCUT2D eigenvalue weighted by Crippen LogP contribution is -2.35. The van der Waals surface area contributed by atoms with Crippen LogP contribution in [-0.2, 0) is 9.59 Å². The van der Waals surface area contributed by atoms with E-state index < -0.39 is 11.5 Å². The summed E-state index contributed by atoms with van der Waals surface area (Å²) in [7, 11) is 3.34. The number of aromatic nitrogens is 1. The van der Waals surface area contributed by atoms with E-state index in [1.54, 1.807) is 45.3 Å². The maximum atomic E-state index is 12.3. The zero-order valence-electron chi connectivity index (χ0n) is 19.1. The van der Waals surface area contributed by atoms with Crippen molar-refractivity contribution in [1.82, 2.24) is 9.88 Å². The summed E-state index contributed by atoms with van der Waals surface area (Å²) in [5, 5.41) is 0. The average Bonchev–Trinajstić information content (AvgIpc) is 3.01. The van der Waals surface area contributed by atoms with E-state index in [0.29, 0.717) is 27.3 Å². The Balaban J connectivity index is 2.40. The average molecular weight is 447 g/mol. The lowest BCUT2D eigenvalue weighted by Gasteiger charge is -2.20. The number of H-pyrrole nitrogens is 1. The van der Waals surface area contributed by atoms with Gasteiger partial charge in [0.25, 0.3) is 11.5 Å². The summed E-state index contributed by atoms with van der Waals surface area (Å²) in [5.74, 6) is 0.721. The molecule has 168 valence electrons. The van der Waals surface area contributed by atoms with Gasteiger partial charge in [0.05, 0.1) is 15.8 Å². The van der Waals surface area contributed by atoms with Crippen LogP contribution in [0, 0.1) is 5.41 Å². The smallest absolute Gasteiger partial charge is 0.266 e. The van der Waals surface area contributed by atoms with Crippen LogP contribution < -0.4 is 24.2 Å². The first kappa shape index (κ1) is 24.4. The topological polar surface area (TPSA) is 88.7 Å². The number of carbonyl (C=O) groups is 2. The molecular formula is C23H30N2O5S. The van der Waals surface area contributed by atoms with Gasteiger partial charge in [0.2, 0.25) is 0 Å². The number of benzene rings is 1. The molecule has 7 nitrogen and oxygen atoms in total. The molecule has 1 aromatic carbocycles. The standard InChI is InChI=1S/C23H30N2O5S/c1-8-29-17-11-15(9-10-16(17)30-14(2)22(28)25(6)7)12-18-21(27)24-20(31-18)13-19(26)23(3,4)5/h9-14H,8H2,1-7H3,(H,24,27). The monoisotopic (exact) mass is 446 g/mol. The molecule has 0 spiro atoms. The third-order valence-corrected chi connectivity index (χ3v) is 5.30. The zero-order chi connectivity index (χ0) is 23.3. The van der Waals surface area contributed by atoms with Crippen molar-refractivity contribution < 1.29 is 19.1 Å². The lowest BCUT2D eigenvalue weighted by atomic mass is 9.91. The van der Waals surface area contributed by atoms with Crippen molar-refractivity contribution in [2.24, 2.45) is 5.41 Å². The van der Waals surface area contributed by atoms with Gasteiger partial charge in [-0.15, -0.1) is 11.3 Å². The number of ether oxygens (including phenoxy) is 2. The molecule has 0 radical (unpaired) electrons. The second-order valence-corrected chi connectivity index (χ2v) is 9.40. The lowest BCUT2D eigenvalue weighted by molar-refractivity contribution is -0.135. The van der Waals surface area contributed by atoms with Crippen LogP contribution in [0.15, 0.2) is 23.0 Å².